The van der Waals surface area contributed by atoms with E-state index >= 15 is 0 Å². The summed E-state index contributed by atoms with van der Waals surface area (Å²) in [5.41, 5.74) is 0. The van der Waals surface area contributed by atoms with Crippen molar-refractivity contribution in [3.63, 3.8) is 0 Å². The second kappa shape index (κ2) is 9.07. The number of nitrogens with zero attached hydrogens (tertiary/aromatic N) is 2. The van der Waals surface area contributed by atoms with Crippen molar-refractivity contribution >= 4 is 66.3 Å². The zero-order valence-corrected chi connectivity index (χ0v) is 17.3. The van der Waals surface area contributed by atoms with Crippen molar-refractivity contribution in [3.05, 3.63) is 39.2 Å². The lowest BCUT2D eigenvalue weighted by molar-refractivity contribution is -0.122. The van der Waals surface area contributed by atoms with Crippen LogP contribution in [0, 0.1) is 0 Å². The van der Waals surface area contributed by atoms with Crippen LogP contribution in [0.15, 0.2) is 40.3 Å². The lowest BCUT2D eigenvalue weighted by Gasteiger charge is -2.04. The summed E-state index contributed by atoms with van der Waals surface area (Å²) in [6.07, 6.45) is 9.11. The van der Waals surface area contributed by atoms with Gasteiger partial charge in [0, 0.05) is 9.40 Å². The molecule has 1 saturated heterocycles. The summed E-state index contributed by atoms with van der Waals surface area (Å²) in [7, 11) is 0. The molecular formula is C18H20N2OS4. The van der Waals surface area contributed by atoms with E-state index in [9.17, 15) is 4.79 Å². The van der Waals surface area contributed by atoms with Crippen LogP contribution >= 0.6 is 46.7 Å². The molecule has 0 aliphatic carbocycles. The minimum Gasteiger partial charge on any atom is -0.266 e. The molecule has 1 amide bonds. The number of thiocarbonyl (C=S) groups is 1. The molecule has 1 aromatic carbocycles. The van der Waals surface area contributed by atoms with Crippen LogP contribution < -0.4 is 3.98 Å². The number of unbranched alkanes of at least 4 members (excludes halogenated alkanes) is 5. The predicted octanol–water partition coefficient (Wildman–Crippen LogP) is 5.88. The lowest BCUT2D eigenvalue weighted by Crippen LogP contribution is -2.23. The molecule has 1 aliphatic heterocycles. The van der Waals surface area contributed by atoms with E-state index in [0.717, 1.165) is 21.7 Å². The van der Waals surface area contributed by atoms with Gasteiger partial charge in [-0.3, -0.25) is 4.79 Å². The van der Waals surface area contributed by atoms with Crippen LogP contribution in [0.2, 0.25) is 0 Å². The number of fused-ring (bicyclic) bond motifs is 1. The molecule has 3 rings (SSSR count). The number of hydrogen-bond donors (Lipinski definition) is 0. The summed E-state index contributed by atoms with van der Waals surface area (Å²) < 4.78 is 3.73. The Morgan fingerprint density at radius 1 is 1.12 bits per heavy atom. The van der Waals surface area contributed by atoms with E-state index in [1.54, 1.807) is 22.7 Å². The summed E-state index contributed by atoms with van der Waals surface area (Å²) in [4.78, 5) is 13.3. The Labute approximate surface area is 165 Å². The third kappa shape index (κ3) is 4.78. The van der Waals surface area contributed by atoms with Crippen LogP contribution in [-0.2, 0) is 4.79 Å². The molecule has 0 saturated carbocycles. The maximum absolute atomic E-state index is 12.6. The van der Waals surface area contributed by atoms with E-state index in [2.05, 4.69) is 24.2 Å². The van der Waals surface area contributed by atoms with Gasteiger partial charge < -0.3 is 0 Å². The number of rotatable bonds is 7. The smallest absolute Gasteiger partial charge is 0.266 e. The van der Waals surface area contributed by atoms with E-state index in [1.165, 1.54) is 51.9 Å². The van der Waals surface area contributed by atoms with Gasteiger partial charge in [0.15, 0.2) is 8.31 Å². The van der Waals surface area contributed by atoms with Crippen molar-refractivity contribution in [2.24, 2.45) is 5.10 Å². The monoisotopic (exact) mass is 408 g/mol. The van der Waals surface area contributed by atoms with Gasteiger partial charge in [-0.25, -0.2) is 0 Å². The predicted molar refractivity (Wildman–Crippen MR) is 114 cm³/mol. The number of hydrogen-bond acceptors (Lipinski definition) is 6. The molecule has 1 aromatic heterocycles. The summed E-state index contributed by atoms with van der Waals surface area (Å²) in [5.74, 6) is -0.0896. The van der Waals surface area contributed by atoms with Gasteiger partial charge in [-0.2, -0.15) is 5.01 Å². The zero-order chi connectivity index (χ0) is 17.6. The molecule has 25 heavy (non-hydrogen) atoms. The molecular weight excluding hydrogens is 388 g/mol. The molecule has 7 heteroatoms. The zero-order valence-electron chi connectivity index (χ0n) is 14.1. The van der Waals surface area contributed by atoms with Gasteiger partial charge in [0.1, 0.15) is 0 Å². The number of carbonyl (C=O) groups excluding carboxylic acids is 1. The summed E-state index contributed by atoms with van der Waals surface area (Å²) in [6.45, 7) is 2.21. The van der Waals surface area contributed by atoms with Gasteiger partial charge in [0.25, 0.3) is 5.91 Å². The van der Waals surface area contributed by atoms with Crippen LogP contribution in [0.4, 0.5) is 0 Å². The highest BCUT2D eigenvalue weighted by Gasteiger charge is 2.32. The van der Waals surface area contributed by atoms with Gasteiger partial charge in [-0.1, -0.05) is 62.6 Å². The number of allylic oxidation sites excluding steroid dienone is 1. The van der Waals surface area contributed by atoms with Crippen LogP contribution in [0.1, 0.15) is 45.4 Å². The molecule has 0 bridgehead atoms. The summed E-state index contributed by atoms with van der Waals surface area (Å²) in [5, 5.41) is 5.87. The first kappa shape index (κ1) is 18.8. The maximum atomic E-state index is 12.6. The Bertz CT molecular complexity index is 829. The third-order valence-electron chi connectivity index (χ3n) is 3.84. The molecule has 2 aromatic rings. The Balaban J connectivity index is 1.68. The van der Waals surface area contributed by atoms with Crippen molar-refractivity contribution in [2.75, 3.05) is 0 Å². The van der Waals surface area contributed by atoms with E-state index in [-0.39, 0.29) is 5.91 Å². The largest absolute Gasteiger partial charge is 0.286 e. The van der Waals surface area contributed by atoms with Crippen LogP contribution in [0.25, 0.3) is 9.40 Å². The standard InChI is InChI=1S/C18H20N2OS4/c1-2-3-4-5-6-7-12-15-16(21)20(18(22)25-15)19-17-23-13-10-8-9-11-14(13)24-17/h8-12H,2-7H2,1H3/b15-12+. The average molecular weight is 409 g/mol. The Hall–Kier alpha value is -1.02. The van der Waals surface area contributed by atoms with Gasteiger partial charge in [0.2, 0.25) is 0 Å². The number of carbonyl (C=O) groups is 1. The van der Waals surface area contributed by atoms with Crippen LogP contribution in [0.3, 0.4) is 0 Å². The second-order valence-electron chi connectivity index (χ2n) is 5.77. The first-order valence-corrected chi connectivity index (χ1v) is 11.3. The lowest BCUT2D eigenvalue weighted by atomic mass is 10.1. The quantitative estimate of drug-likeness (QED) is 0.326. The Kier molecular flexibility index (Phi) is 6.81. The molecule has 0 unspecified atom stereocenters. The van der Waals surface area contributed by atoms with Crippen molar-refractivity contribution in [2.45, 2.75) is 45.4 Å². The summed E-state index contributed by atoms with van der Waals surface area (Å²) >= 11 is 9.89. The second-order valence-corrected chi connectivity index (χ2v) is 9.77. The molecule has 132 valence electrons. The molecule has 0 spiro atoms. The SMILES string of the molecule is CCCCCCC/C=C1/SC(=S)N(N=c2sc3ccccc3s2)C1=O. The fourth-order valence-electron chi connectivity index (χ4n) is 2.51. The first-order valence-electron chi connectivity index (χ1n) is 8.49. The average Bonchev–Trinajstić information content (AvgIpc) is 3.14. The Morgan fingerprint density at radius 2 is 1.80 bits per heavy atom. The van der Waals surface area contributed by atoms with E-state index in [1.807, 2.05) is 18.2 Å². The molecule has 3 nitrogen and oxygen atoms in total. The minimum atomic E-state index is -0.0896. The molecule has 0 radical (unpaired) electrons. The highest BCUT2D eigenvalue weighted by molar-refractivity contribution is 8.26. The fraction of sp³-hybridized carbons (Fsp3) is 0.389. The van der Waals surface area contributed by atoms with E-state index < -0.39 is 0 Å². The van der Waals surface area contributed by atoms with Gasteiger partial charge in [-0.05, 0) is 37.2 Å². The molecule has 1 aliphatic rings. The van der Waals surface area contributed by atoms with Gasteiger partial charge in [0.05, 0.1) is 4.91 Å². The molecule has 2 heterocycles. The van der Waals surface area contributed by atoms with E-state index in [4.69, 9.17) is 12.2 Å². The Morgan fingerprint density at radius 3 is 2.48 bits per heavy atom. The topological polar surface area (TPSA) is 32.7 Å². The maximum Gasteiger partial charge on any atom is 0.286 e. The van der Waals surface area contributed by atoms with E-state index in [0.29, 0.717) is 4.32 Å². The first-order chi connectivity index (χ1) is 12.2. The summed E-state index contributed by atoms with van der Waals surface area (Å²) in [6, 6.07) is 8.16. The van der Waals surface area contributed by atoms with Crippen molar-refractivity contribution in [1.29, 1.82) is 0 Å². The highest BCUT2D eigenvalue weighted by atomic mass is 32.2. The van der Waals surface area contributed by atoms with Crippen molar-refractivity contribution in [1.82, 2.24) is 5.01 Å². The number of thioether (sulfide) groups is 1. The van der Waals surface area contributed by atoms with Gasteiger partial charge >= 0.3 is 0 Å². The highest BCUT2D eigenvalue weighted by Crippen LogP contribution is 2.32. The normalized spacial score (nSPS) is 16.4. The molecule has 0 atom stereocenters. The molecule has 1 fully saturated rings. The van der Waals surface area contributed by atoms with Gasteiger partial charge in [-0.15, -0.1) is 27.8 Å². The van der Waals surface area contributed by atoms with Crippen molar-refractivity contribution in [3.8, 4) is 0 Å². The molecule has 0 N–H and O–H groups in total. The number of amides is 1. The van der Waals surface area contributed by atoms with Crippen LogP contribution in [-0.4, -0.2) is 15.2 Å². The van der Waals surface area contributed by atoms with Crippen LogP contribution in [0.5, 0.6) is 0 Å². The minimum absolute atomic E-state index is 0.0896. The number of benzene rings is 1. The van der Waals surface area contributed by atoms with Crippen molar-refractivity contribution < 1.29 is 4.79 Å². The fourth-order valence-corrected chi connectivity index (χ4v) is 5.89. The third-order valence-corrected chi connectivity index (χ3v) is 7.46.